The van der Waals surface area contributed by atoms with E-state index in [0.29, 0.717) is 0 Å². The molecule has 3 rings (SSSR count). The van der Waals surface area contributed by atoms with Crippen LogP contribution in [0.4, 0.5) is 23.7 Å². The first-order chi connectivity index (χ1) is 15.2. The third kappa shape index (κ3) is 4.40. The Balaban J connectivity index is 1.88. The van der Waals surface area contributed by atoms with Gasteiger partial charge in [0.2, 0.25) is 5.90 Å². The Morgan fingerprint density at radius 2 is 1.85 bits per heavy atom. The number of amides is 3. The maximum absolute atomic E-state index is 13.2. The van der Waals surface area contributed by atoms with Crippen LogP contribution < -0.4 is 5.32 Å². The molecule has 180 valence electrons. The van der Waals surface area contributed by atoms with Gasteiger partial charge >= 0.3 is 24.1 Å². The van der Waals surface area contributed by atoms with Crippen LogP contribution in [-0.4, -0.2) is 59.7 Å². The van der Waals surface area contributed by atoms with Gasteiger partial charge in [0.05, 0.1) is 7.11 Å². The minimum absolute atomic E-state index is 0.0131. The van der Waals surface area contributed by atoms with Gasteiger partial charge in [-0.2, -0.15) is 13.2 Å². The maximum Gasteiger partial charge on any atom is 0.471 e. The molecule has 8 nitrogen and oxygen atoms in total. The number of rotatable bonds is 3. The van der Waals surface area contributed by atoms with Crippen LogP contribution in [0.3, 0.4) is 0 Å². The number of cyclic esters (lactones) is 1. The summed E-state index contributed by atoms with van der Waals surface area (Å²) in [4.78, 5) is 42.0. The summed E-state index contributed by atoms with van der Waals surface area (Å²) < 4.78 is 50.7. The predicted octanol–water partition coefficient (Wildman–Crippen LogP) is 3.77. The van der Waals surface area contributed by atoms with E-state index in [-0.39, 0.29) is 22.9 Å². The number of halogens is 3. The average Bonchev–Trinajstić information content (AvgIpc) is 3.41. The molecule has 1 spiro atoms. The zero-order chi connectivity index (χ0) is 24.8. The highest BCUT2D eigenvalue weighted by Gasteiger charge is 2.68. The van der Waals surface area contributed by atoms with E-state index in [2.05, 4.69) is 10.3 Å². The van der Waals surface area contributed by atoms with E-state index in [4.69, 9.17) is 9.47 Å². The number of hydrogen-bond donors (Lipinski definition) is 1. The fraction of sp³-hybridized carbons (Fsp3) is 0.545. The molecular formula is C22H26F3N3O5. The number of nitrogens with one attached hydrogen (secondary N) is 1. The summed E-state index contributed by atoms with van der Waals surface area (Å²) in [5.74, 6) is -3.79. The highest BCUT2D eigenvalue weighted by molar-refractivity contribution is 6.03. The van der Waals surface area contributed by atoms with Crippen molar-refractivity contribution < 1.29 is 37.0 Å². The Bertz CT molecular complexity index is 989. The lowest BCUT2D eigenvalue weighted by molar-refractivity contribution is -0.182. The third-order valence-electron chi connectivity index (χ3n) is 6.22. The lowest BCUT2D eigenvalue weighted by Crippen LogP contribution is -2.57. The molecule has 1 heterocycles. The van der Waals surface area contributed by atoms with Crippen molar-refractivity contribution in [1.29, 1.82) is 0 Å². The van der Waals surface area contributed by atoms with E-state index in [1.807, 2.05) is 20.8 Å². The molecule has 0 saturated heterocycles. The summed E-state index contributed by atoms with van der Waals surface area (Å²) in [5, 5.41) is 2.27. The van der Waals surface area contributed by atoms with Crippen molar-refractivity contribution in [2.45, 2.75) is 51.4 Å². The number of esters is 1. The lowest BCUT2D eigenvalue weighted by atomic mass is 9.76. The fourth-order valence-corrected chi connectivity index (χ4v) is 3.63. The zero-order valence-electron chi connectivity index (χ0n) is 18.9. The molecule has 0 aromatic heterocycles. The van der Waals surface area contributed by atoms with E-state index < -0.39 is 53.1 Å². The molecule has 3 amide bonds. The summed E-state index contributed by atoms with van der Waals surface area (Å²) in [7, 11) is 1.36. The molecule has 1 aromatic carbocycles. The summed E-state index contributed by atoms with van der Waals surface area (Å²) in [5.41, 5.74) is -3.07. The first kappa shape index (κ1) is 24.5. The van der Waals surface area contributed by atoms with Gasteiger partial charge in [-0.05, 0) is 25.5 Å². The van der Waals surface area contributed by atoms with Crippen molar-refractivity contribution in [2.24, 2.45) is 16.3 Å². The number of anilines is 1. The smallest absolute Gasteiger partial charge is 0.471 e. The quantitative estimate of drug-likeness (QED) is 0.680. The Morgan fingerprint density at radius 1 is 1.24 bits per heavy atom. The molecule has 0 unspecified atom stereocenters. The number of methoxy groups -OCH3 is 1. The third-order valence-corrected chi connectivity index (χ3v) is 6.22. The molecule has 0 radical (unpaired) electrons. The monoisotopic (exact) mass is 469 g/mol. The Hall–Kier alpha value is -3.11. The Kier molecular flexibility index (Phi) is 5.97. The predicted molar refractivity (Wildman–Crippen MR) is 112 cm³/mol. The van der Waals surface area contributed by atoms with Crippen LogP contribution in [0.2, 0.25) is 0 Å². The molecule has 1 aliphatic carbocycles. The molecule has 1 saturated carbocycles. The van der Waals surface area contributed by atoms with Gasteiger partial charge in [-0.3, -0.25) is 9.69 Å². The van der Waals surface area contributed by atoms with E-state index in [9.17, 15) is 27.6 Å². The van der Waals surface area contributed by atoms with E-state index >= 15 is 0 Å². The summed E-state index contributed by atoms with van der Waals surface area (Å²) in [6.45, 7) is 6.46. The number of para-hydroxylation sites is 1. The minimum Gasteiger partial charge on any atom is -0.481 e. The van der Waals surface area contributed by atoms with E-state index in [1.54, 1.807) is 25.1 Å². The number of aliphatic imine (C=N–C) groups is 1. The van der Waals surface area contributed by atoms with E-state index in [1.165, 1.54) is 19.2 Å². The maximum atomic E-state index is 13.2. The molecule has 11 heteroatoms. The van der Waals surface area contributed by atoms with Gasteiger partial charge in [0.15, 0.2) is 11.1 Å². The summed E-state index contributed by atoms with van der Waals surface area (Å²) in [6, 6.07) is 6.49. The molecule has 0 bridgehead atoms. The highest BCUT2D eigenvalue weighted by atomic mass is 19.4. The molecular weight excluding hydrogens is 443 g/mol. The van der Waals surface area contributed by atoms with Crippen molar-refractivity contribution in [3.8, 4) is 0 Å². The van der Waals surface area contributed by atoms with Gasteiger partial charge < -0.3 is 14.8 Å². The first-order valence-corrected chi connectivity index (χ1v) is 10.3. The summed E-state index contributed by atoms with van der Waals surface area (Å²) in [6.07, 6.45) is -5.27. The van der Waals surface area contributed by atoms with Crippen LogP contribution in [0, 0.1) is 11.3 Å². The van der Waals surface area contributed by atoms with Crippen LogP contribution in [0.25, 0.3) is 0 Å². The second-order valence-electron chi connectivity index (χ2n) is 9.33. The van der Waals surface area contributed by atoms with Crippen molar-refractivity contribution >= 4 is 29.5 Å². The van der Waals surface area contributed by atoms with Crippen molar-refractivity contribution in [3.63, 3.8) is 0 Å². The first-order valence-electron chi connectivity index (χ1n) is 10.3. The number of urea groups is 1. The Morgan fingerprint density at radius 3 is 2.36 bits per heavy atom. The number of carbonyl (C=O) groups is 3. The molecule has 3 atom stereocenters. The standard InChI is InChI=1S/C22H26F3N3O5/c1-19(2,3)20(4)15(32-5)27-21(17(30)33-20)11-13(21)12-28(16(29)22(23,24)25)18(31)26-14-9-7-6-8-10-14/h6-10,13H,11-12H2,1-5H3,(H,26,31)/t13-,20-,21-/m1/s1. The average molecular weight is 469 g/mol. The highest BCUT2D eigenvalue weighted by Crippen LogP contribution is 2.54. The zero-order valence-corrected chi connectivity index (χ0v) is 18.9. The Labute approximate surface area is 189 Å². The number of ether oxygens (including phenoxy) is 2. The second-order valence-corrected chi connectivity index (χ2v) is 9.33. The number of nitrogens with zero attached hydrogens (tertiary/aromatic N) is 2. The van der Waals surface area contributed by atoms with Crippen LogP contribution in [0.15, 0.2) is 35.3 Å². The molecule has 1 N–H and O–H groups in total. The fourth-order valence-electron chi connectivity index (χ4n) is 3.63. The molecule has 1 aromatic rings. The van der Waals surface area contributed by atoms with Gasteiger partial charge in [-0.25, -0.2) is 14.6 Å². The van der Waals surface area contributed by atoms with Crippen molar-refractivity contribution in [2.75, 3.05) is 19.0 Å². The summed E-state index contributed by atoms with van der Waals surface area (Å²) >= 11 is 0. The van der Waals surface area contributed by atoms with Crippen molar-refractivity contribution in [1.82, 2.24) is 4.90 Å². The van der Waals surface area contributed by atoms with Crippen LogP contribution >= 0.6 is 0 Å². The molecule has 1 aliphatic heterocycles. The molecule has 2 aliphatic rings. The topological polar surface area (TPSA) is 97.3 Å². The molecule has 1 fully saturated rings. The van der Waals surface area contributed by atoms with Gasteiger partial charge in [0.1, 0.15) is 0 Å². The largest absolute Gasteiger partial charge is 0.481 e. The van der Waals surface area contributed by atoms with Gasteiger partial charge in [0.25, 0.3) is 0 Å². The van der Waals surface area contributed by atoms with Crippen LogP contribution in [0.5, 0.6) is 0 Å². The minimum atomic E-state index is -5.28. The second kappa shape index (κ2) is 8.03. The van der Waals surface area contributed by atoms with E-state index in [0.717, 1.165) is 0 Å². The van der Waals surface area contributed by atoms with Gasteiger partial charge in [-0.15, -0.1) is 0 Å². The molecule has 33 heavy (non-hydrogen) atoms. The van der Waals surface area contributed by atoms with Gasteiger partial charge in [-0.1, -0.05) is 39.0 Å². The van der Waals surface area contributed by atoms with Crippen LogP contribution in [0.1, 0.15) is 34.1 Å². The number of imide groups is 1. The number of benzene rings is 1. The number of hydrogen-bond acceptors (Lipinski definition) is 6. The normalized spacial score (nSPS) is 26.8. The van der Waals surface area contributed by atoms with Gasteiger partial charge in [0, 0.05) is 23.6 Å². The number of carbonyl (C=O) groups excluding carboxylic acids is 3. The number of alkyl halides is 3. The SMILES string of the molecule is COC1=N[C@@]2(C[C@@H]2CN(C(=O)Nc2ccccc2)C(=O)C(F)(F)F)C(=O)O[C@@]1(C)C(C)(C)C. The van der Waals surface area contributed by atoms with Crippen LogP contribution in [-0.2, 0) is 19.1 Å². The van der Waals surface area contributed by atoms with Crippen molar-refractivity contribution in [3.05, 3.63) is 30.3 Å². The lowest BCUT2D eigenvalue weighted by Gasteiger charge is -2.44.